The van der Waals surface area contributed by atoms with Crippen molar-refractivity contribution in [2.75, 3.05) is 27.3 Å². The molecule has 1 aliphatic heterocycles. The first-order chi connectivity index (χ1) is 14.2. The Morgan fingerprint density at radius 3 is 2.79 bits per heavy atom. The summed E-state index contributed by atoms with van der Waals surface area (Å²) in [5, 5.41) is 4.15. The van der Waals surface area contributed by atoms with E-state index in [1.807, 2.05) is 23.1 Å². The number of carbonyl (C=O) groups excluding carboxylic acids is 1. The van der Waals surface area contributed by atoms with Crippen LogP contribution >= 0.6 is 0 Å². The van der Waals surface area contributed by atoms with Gasteiger partial charge in [0.2, 0.25) is 17.6 Å². The molecule has 2 aromatic rings. The number of benzene rings is 1. The van der Waals surface area contributed by atoms with Crippen LogP contribution < -0.4 is 9.47 Å². The molecule has 1 saturated heterocycles. The zero-order chi connectivity index (χ0) is 20.6. The summed E-state index contributed by atoms with van der Waals surface area (Å²) in [5.41, 5.74) is 0.803. The fourth-order valence-corrected chi connectivity index (χ4v) is 3.76. The van der Waals surface area contributed by atoms with E-state index in [0.29, 0.717) is 36.2 Å². The summed E-state index contributed by atoms with van der Waals surface area (Å²) < 4.78 is 16.2. The number of methoxy groups -OCH3 is 2. The third kappa shape index (κ3) is 5.28. The Morgan fingerprint density at radius 2 is 2.03 bits per heavy atom. The molecule has 0 saturated carbocycles. The van der Waals surface area contributed by atoms with Crippen LogP contribution in [0.4, 0.5) is 0 Å². The Labute approximate surface area is 172 Å². The molecule has 2 heterocycles. The molecule has 0 radical (unpaired) electrons. The van der Waals surface area contributed by atoms with Crippen LogP contribution in [0, 0.1) is 0 Å². The smallest absolute Gasteiger partial charge is 0.231 e. The molecule has 29 heavy (non-hydrogen) atoms. The molecule has 0 N–H and O–H groups in total. The number of likely N-dealkylation sites (tertiary alicyclic amines) is 1. The Morgan fingerprint density at radius 1 is 1.21 bits per heavy atom. The molecule has 1 fully saturated rings. The SMILES string of the molecule is CCCCCCC(=O)N1CCC[C@@H](c2nc(-c3ccc(OC)c(OC)c3)no2)C1. The topological polar surface area (TPSA) is 77.7 Å². The van der Waals surface area contributed by atoms with E-state index in [0.717, 1.165) is 37.8 Å². The predicted octanol–water partition coefficient (Wildman–Crippen LogP) is 4.43. The summed E-state index contributed by atoms with van der Waals surface area (Å²) in [7, 11) is 3.20. The minimum Gasteiger partial charge on any atom is -0.493 e. The van der Waals surface area contributed by atoms with Gasteiger partial charge in [-0.25, -0.2) is 0 Å². The minimum absolute atomic E-state index is 0.0877. The first kappa shape index (κ1) is 21.1. The van der Waals surface area contributed by atoms with Gasteiger partial charge in [-0.15, -0.1) is 0 Å². The molecule has 0 spiro atoms. The zero-order valence-corrected chi connectivity index (χ0v) is 17.6. The van der Waals surface area contributed by atoms with Gasteiger partial charge in [-0.2, -0.15) is 4.98 Å². The van der Waals surface area contributed by atoms with E-state index in [1.54, 1.807) is 14.2 Å². The lowest BCUT2D eigenvalue weighted by molar-refractivity contribution is -0.132. The van der Waals surface area contributed by atoms with Gasteiger partial charge in [-0.1, -0.05) is 31.3 Å². The number of unbranched alkanes of at least 4 members (excludes halogenated alkanes) is 3. The molecule has 0 unspecified atom stereocenters. The van der Waals surface area contributed by atoms with Crippen LogP contribution in [0.5, 0.6) is 11.5 Å². The molecule has 158 valence electrons. The third-order valence-corrected chi connectivity index (χ3v) is 5.45. The normalized spacial score (nSPS) is 16.7. The number of hydrogen-bond acceptors (Lipinski definition) is 6. The number of ether oxygens (including phenoxy) is 2. The van der Waals surface area contributed by atoms with E-state index in [1.165, 1.54) is 12.8 Å². The van der Waals surface area contributed by atoms with Crippen LogP contribution in [0.25, 0.3) is 11.4 Å². The summed E-state index contributed by atoms with van der Waals surface area (Å²) in [4.78, 5) is 19.1. The van der Waals surface area contributed by atoms with Crippen LogP contribution in [0.15, 0.2) is 22.7 Å². The number of carbonyl (C=O) groups is 1. The van der Waals surface area contributed by atoms with Gasteiger partial charge in [-0.3, -0.25) is 4.79 Å². The quantitative estimate of drug-likeness (QED) is 0.579. The summed E-state index contributed by atoms with van der Waals surface area (Å²) >= 11 is 0. The number of aromatic nitrogens is 2. The van der Waals surface area contributed by atoms with Crippen LogP contribution in [0.2, 0.25) is 0 Å². The molecule has 1 aliphatic rings. The highest BCUT2D eigenvalue weighted by molar-refractivity contribution is 5.76. The number of piperidine rings is 1. The molecule has 7 heteroatoms. The van der Waals surface area contributed by atoms with Crippen molar-refractivity contribution in [3.63, 3.8) is 0 Å². The number of hydrogen-bond donors (Lipinski definition) is 0. The molecule has 1 amide bonds. The average Bonchev–Trinajstić information content (AvgIpc) is 3.26. The third-order valence-electron chi connectivity index (χ3n) is 5.45. The number of nitrogens with zero attached hydrogens (tertiary/aromatic N) is 3. The summed E-state index contributed by atoms with van der Waals surface area (Å²) in [6.45, 7) is 3.65. The first-order valence-electron chi connectivity index (χ1n) is 10.5. The maximum Gasteiger partial charge on any atom is 0.231 e. The second kappa shape index (κ2) is 10.3. The lowest BCUT2D eigenvalue weighted by atomic mass is 9.97. The Balaban J connectivity index is 1.64. The molecule has 7 nitrogen and oxygen atoms in total. The minimum atomic E-state index is 0.0877. The molecule has 3 rings (SSSR count). The molecule has 1 atom stereocenters. The summed E-state index contributed by atoms with van der Waals surface area (Å²) in [6, 6.07) is 5.53. The largest absolute Gasteiger partial charge is 0.493 e. The fraction of sp³-hybridized carbons (Fsp3) is 0.591. The zero-order valence-electron chi connectivity index (χ0n) is 17.6. The first-order valence-corrected chi connectivity index (χ1v) is 10.5. The van der Waals surface area contributed by atoms with Crippen molar-refractivity contribution in [3.8, 4) is 22.9 Å². The fourth-order valence-electron chi connectivity index (χ4n) is 3.76. The molecule has 0 bridgehead atoms. The van der Waals surface area contributed by atoms with E-state index in [-0.39, 0.29) is 11.8 Å². The van der Waals surface area contributed by atoms with Crippen molar-refractivity contribution in [2.45, 2.75) is 57.8 Å². The van der Waals surface area contributed by atoms with Crippen LogP contribution in [0.1, 0.15) is 63.7 Å². The average molecular weight is 402 g/mol. The highest BCUT2D eigenvalue weighted by Gasteiger charge is 2.28. The van der Waals surface area contributed by atoms with Crippen LogP contribution in [0.3, 0.4) is 0 Å². The van der Waals surface area contributed by atoms with Gasteiger partial charge in [0.1, 0.15) is 0 Å². The Hall–Kier alpha value is -2.57. The van der Waals surface area contributed by atoms with E-state index >= 15 is 0 Å². The van der Waals surface area contributed by atoms with E-state index < -0.39 is 0 Å². The van der Waals surface area contributed by atoms with Crippen molar-refractivity contribution in [3.05, 3.63) is 24.1 Å². The maximum absolute atomic E-state index is 12.5. The standard InChI is InChI=1S/C22H31N3O4/c1-4-5-6-7-10-20(26)25-13-8-9-17(15-25)22-23-21(24-29-22)16-11-12-18(27-2)19(14-16)28-3/h11-12,14,17H,4-10,13,15H2,1-3H3/t17-/m1/s1. The van der Waals surface area contributed by atoms with Crippen LogP contribution in [-0.2, 0) is 4.79 Å². The second-order valence-electron chi connectivity index (χ2n) is 7.52. The van der Waals surface area contributed by atoms with Gasteiger partial charge in [0.15, 0.2) is 11.5 Å². The number of rotatable bonds is 9. The summed E-state index contributed by atoms with van der Waals surface area (Å²) in [5.74, 6) is 2.71. The molecule has 1 aromatic carbocycles. The Kier molecular flexibility index (Phi) is 7.49. The van der Waals surface area contributed by atoms with Crippen molar-refractivity contribution >= 4 is 5.91 Å². The molecular formula is C22H31N3O4. The van der Waals surface area contributed by atoms with E-state index in [4.69, 9.17) is 14.0 Å². The van der Waals surface area contributed by atoms with Crippen LogP contribution in [-0.4, -0.2) is 48.3 Å². The van der Waals surface area contributed by atoms with Gasteiger partial charge in [0.25, 0.3) is 0 Å². The molecular weight excluding hydrogens is 370 g/mol. The summed E-state index contributed by atoms with van der Waals surface area (Å²) in [6.07, 6.45) is 7.01. The van der Waals surface area contributed by atoms with Crippen molar-refractivity contribution < 1.29 is 18.8 Å². The van der Waals surface area contributed by atoms with Gasteiger partial charge in [0, 0.05) is 25.1 Å². The van der Waals surface area contributed by atoms with Gasteiger partial charge in [0.05, 0.1) is 20.1 Å². The second-order valence-corrected chi connectivity index (χ2v) is 7.52. The number of amides is 1. The predicted molar refractivity (Wildman–Crippen MR) is 110 cm³/mol. The van der Waals surface area contributed by atoms with E-state index in [9.17, 15) is 4.79 Å². The van der Waals surface area contributed by atoms with E-state index in [2.05, 4.69) is 17.1 Å². The lowest BCUT2D eigenvalue weighted by Crippen LogP contribution is -2.39. The van der Waals surface area contributed by atoms with Gasteiger partial charge in [-0.05, 0) is 37.5 Å². The van der Waals surface area contributed by atoms with Gasteiger partial charge < -0.3 is 18.9 Å². The molecule has 1 aromatic heterocycles. The van der Waals surface area contributed by atoms with Gasteiger partial charge >= 0.3 is 0 Å². The Bertz CT molecular complexity index is 805. The van der Waals surface area contributed by atoms with Crippen molar-refractivity contribution in [1.82, 2.24) is 15.0 Å². The van der Waals surface area contributed by atoms with Crippen molar-refractivity contribution in [1.29, 1.82) is 0 Å². The monoisotopic (exact) mass is 401 g/mol. The lowest BCUT2D eigenvalue weighted by Gasteiger charge is -2.31. The highest BCUT2D eigenvalue weighted by atomic mass is 16.5. The highest BCUT2D eigenvalue weighted by Crippen LogP contribution is 2.33. The maximum atomic E-state index is 12.5. The van der Waals surface area contributed by atoms with Crippen molar-refractivity contribution in [2.24, 2.45) is 0 Å². The molecule has 0 aliphatic carbocycles.